The minimum Gasteiger partial charge on any atom is -0.493 e. The number of hydrogen-bond acceptors (Lipinski definition) is 8. The van der Waals surface area contributed by atoms with Gasteiger partial charge in [0.25, 0.3) is 0 Å². The van der Waals surface area contributed by atoms with E-state index < -0.39 is 17.9 Å². The molecule has 1 fully saturated rings. The van der Waals surface area contributed by atoms with Crippen LogP contribution in [0.1, 0.15) is 85.2 Å². The third-order valence-electron chi connectivity index (χ3n) is 8.42. The molecule has 2 aromatic carbocycles. The topological polar surface area (TPSA) is 100 Å². The summed E-state index contributed by atoms with van der Waals surface area (Å²) < 4.78 is 21.8. The molecule has 5 rings (SSSR count). The molecule has 8 nitrogen and oxygen atoms in total. The van der Waals surface area contributed by atoms with Crippen molar-refractivity contribution < 1.29 is 33.3 Å². The van der Waals surface area contributed by atoms with Crippen LogP contribution in [0.2, 0.25) is 0 Å². The molecule has 2 unspecified atom stereocenters. The molecule has 2 aliphatic carbocycles. The van der Waals surface area contributed by atoms with E-state index in [1.165, 1.54) is 7.11 Å². The molecule has 2 atom stereocenters. The summed E-state index contributed by atoms with van der Waals surface area (Å²) in [6, 6.07) is 12.7. The molecule has 0 bridgehead atoms. The van der Waals surface area contributed by atoms with Crippen LogP contribution in [-0.4, -0.2) is 45.2 Å². The van der Waals surface area contributed by atoms with E-state index in [0.29, 0.717) is 40.3 Å². The van der Waals surface area contributed by atoms with Crippen LogP contribution in [0.25, 0.3) is 0 Å². The molecule has 1 heterocycles. The third-order valence-corrected chi connectivity index (χ3v) is 8.42. The van der Waals surface area contributed by atoms with Gasteiger partial charge >= 0.3 is 11.9 Å². The molecular weight excluding hydrogens is 522 g/mol. The van der Waals surface area contributed by atoms with Crippen LogP contribution in [0.15, 0.2) is 65.0 Å². The molecule has 2 aromatic rings. The zero-order chi connectivity index (χ0) is 29.1. The standard InChI is InChI=1S/C33H37NO7/c1-19-29(33(37)41-24-8-6-5-7-9-24)30(20-10-12-21(13-11-20)32(36)40-4)31-25(34-19)16-23(17-26(31)35)22-14-15-27(38-2)28(18-22)39-3/h10-15,18,23-24,30,34H,5-9,16-17H2,1-4H3. The Labute approximate surface area is 240 Å². The lowest BCUT2D eigenvalue weighted by Gasteiger charge is -2.37. The molecule has 8 heteroatoms. The Kier molecular flexibility index (Phi) is 8.47. The number of nitrogens with one attached hydrogen (secondary N) is 1. The van der Waals surface area contributed by atoms with Crippen molar-refractivity contribution in [1.82, 2.24) is 5.32 Å². The smallest absolute Gasteiger partial charge is 0.337 e. The van der Waals surface area contributed by atoms with Gasteiger partial charge in [0.2, 0.25) is 0 Å². The summed E-state index contributed by atoms with van der Waals surface area (Å²) in [7, 11) is 4.52. The number of esters is 2. The summed E-state index contributed by atoms with van der Waals surface area (Å²) in [4.78, 5) is 39.8. The summed E-state index contributed by atoms with van der Waals surface area (Å²) >= 11 is 0. The van der Waals surface area contributed by atoms with E-state index >= 15 is 0 Å². The van der Waals surface area contributed by atoms with Crippen LogP contribution in [-0.2, 0) is 19.1 Å². The fraction of sp³-hybridized carbons (Fsp3) is 0.424. The number of allylic oxidation sites excluding steroid dienone is 3. The molecule has 3 aliphatic rings. The second-order valence-corrected chi connectivity index (χ2v) is 10.9. The fourth-order valence-electron chi connectivity index (χ4n) is 6.31. The molecule has 1 saturated carbocycles. The van der Waals surface area contributed by atoms with Crippen molar-refractivity contribution in [3.63, 3.8) is 0 Å². The number of ketones is 1. The first kappa shape index (κ1) is 28.5. The summed E-state index contributed by atoms with van der Waals surface area (Å²) in [5.74, 6) is -0.309. The van der Waals surface area contributed by atoms with E-state index in [9.17, 15) is 14.4 Å². The maximum absolute atomic E-state index is 14.0. The van der Waals surface area contributed by atoms with Gasteiger partial charge in [0.15, 0.2) is 17.3 Å². The average Bonchev–Trinajstić information content (AvgIpc) is 3.00. The summed E-state index contributed by atoms with van der Waals surface area (Å²) in [5.41, 5.74) is 4.62. The summed E-state index contributed by atoms with van der Waals surface area (Å²) in [6.45, 7) is 1.86. The number of rotatable bonds is 7. The van der Waals surface area contributed by atoms with Crippen molar-refractivity contribution in [3.8, 4) is 11.5 Å². The van der Waals surface area contributed by atoms with Gasteiger partial charge in [-0.05, 0) is 80.3 Å². The van der Waals surface area contributed by atoms with E-state index in [0.717, 1.165) is 48.9 Å². The lowest BCUT2D eigenvalue weighted by molar-refractivity contribution is -0.146. The van der Waals surface area contributed by atoms with Gasteiger partial charge in [-0.3, -0.25) is 4.79 Å². The van der Waals surface area contributed by atoms with Crippen molar-refractivity contribution in [2.45, 2.75) is 69.8 Å². The molecule has 0 aromatic heterocycles. The first-order chi connectivity index (χ1) is 19.8. The van der Waals surface area contributed by atoms with E-state index in [2.05, 4.69) is 5.32 Å². The van der Waals surface area contributed by atoms with E-state index in [-0.39, 0.29) is 24.2 Å². The van der Waals surface area contributed by atoms with Gasteiger partial charge in [0.05, 0.1) is 32.5 Å². The van der Waals surface area contributed by atoms with Gasteiger partial charge in [-0.15, -0.1) is 0 Å². The van der Waals surface area contributed by atoms with Gasteiger partial charge in [-0.1, -0.05) is 24.6 Å². The van der Waals surface area contributed by atoms with E-state index in [1.54, 1.807) is 38.5 Å². The highest BCUT2D eigenvalue weighted by Gasteiger charge is 2.42. The van der Waals surface area contributed by atoms with Crippen molar-refractivity contribution in [1.29, 1.82) is 0 Å². The highest BCUT2D eigenvalue weighted by atomic mass is 16.5. The van der Waals surface area contributed by atoms with Gasteiger partial charge < -0.3 is 24.3 Å². The zero-order valence-electron chi connectivity index (χ0n) is 24.1. The van der Waals surface area contributed by atoms with Crippen LogP contribution in [0.3, 0.4) is 0 Å². The Hall–Kier alpha value is -4.07. The number of benzene rings is 2. The number of dihydropyridines is 1. The summed E-state index contributed by atoms with van der Waals surface area (Å²) in [6.07, 6.45) is 5.69. The van der Waals surface area contributed by atoms with Crippen LogP contribution in [0.5, 0.6) is 11.5 Å². The number of hydrogen-bond donors (Lipinski definition) is 1. The van der Waals surface area contributed by atoms with Crippen LogP contribution >= 0.6 is 0 Å². The highest BCUT2D eigenvalue weighted by Crippen LogP contribution is 2.46. The Morgan fingerprint density at radius 2 is 1.51 bits per heavy atom. The first-order valence-corrected chi connectivity index (χ1v) is 14.2. The van der Waals surface area contributed by atoms with Crippen LogP contribution < -0.4 is 14.8 Å². The van der Waals surface area contributed by atoms with Gasteiger partial charge in [0.1, 0.15) is 6.10 Å². The number of carbonyl (C=O) groups excluding carboxylic acids is 3. The molecule has 0 saturated heterocycles. The molecule has 0 radical (unpaired) electrons. The lowest BCUT2D eigenvalue weighted by Crippen LogP contribution is -2.37. The lowest BCUT2D eigenvalue weighted by atomic mass is 9.71. The largest absolute Gasteiger partial charge is 0.493 e. The van der Waals surface area contributed by atoms with Crippen molar-refractivity contribution in [2.75, 3.05) is 21.3 Å². The number of Topliss-reactive ketones (excluding diaryl/α,β-unsaturated/α-hetero) is 1. The van der Waals surface area contributed by atoms with Gasteiger partial charge in [-0.2, -0.15) is 0 Å². The highest BCUT2D eigenvalue weighted by molar-refractivity contribution is 6.04. The molecule has 0 spiro atoms. The second-order valence-electron chi connectivity index (χ2n) is 10.9. The zero-order valence-corrected chi connectivity index (χ0v) is 24.1. The molecule has 41 heavy (non-hydrogen) atoms. The normalized spacial score (nSPS) is 21.1. The fourth-order valence-corrected chi connectivity index (χ4v) is 6.31. The molecule has 216 valence electrons. The first-order valence-electron chi connectivity index (χ1n) is 14.2. The second kappa shape index (κ2) is 12.2. The van der Waals surface area contributed by atoms with Gasteiger partial charge in [-0.25, -0.2) is 9.59 Å². The Bertz CT molecular complexity index is 1400. The number of carbonyl (C=O) groups is 3. The van der Waals surface area contributed by atoms with E-state index in [1.807, 2.05) is 25.1 Å². The maximum atomic E-state index is 14.0. The van der Waals surface area contributed by atoms with Crippen LogP contribution in [0, 0.1) is 0 Å². The predicted molar refractivity (Wildman–Crippen MR) is 153 cm³/mol. The average molecular weight is 560 g/mol. The quantitative estimate of drug-likeness (QED) is 0.430. The maximum Gasteiger partial charge on any atom is 0.337 e. The Morgan fingerprint density at radius 3 is 2.17 bits per heavy atom. The minimum absolute atomic E-state index is 0.0314. The van der Waals surface area contributed by atoms with Crippen LogP contribution in [0.4, 0.5) is 0 Å². The number of ether oxygens (including phenoxy) is 4. The monoisotopic (exact) mass is 559 g/mol. The molecule has 1 N–H and O–H groups in total. The molecule has 1 aliphatic heterocycles. The molecular formula is C33H37NO7. The predicted octanol–water partition coefficient (Wildman–Crippen LogP) is 5.73. The van der Waals surface area contributed by atoms with Crippen molar-refractivity contribution in [2.24, 2.45) is 0 Å². The Morgan fingerprint density at radius 1 is 0.829 bits per heavy atom. The Balaban J connectivity index is 1.52. The third kappa shape index (κ3) is 5.73. The van der Waals surface area contributed by atoms with Crippen molar-refractivity contribution >= 4 is 17.7 Å². The van der Waals surface area contributed by atoms with E-state index in [4.69, 9.17) is 18.9 Å². The van der Waals surface area contributed by atoms with Crippen molar-refractivity contribution in [3.05, 3.63) is 81.7 Å². The number of methoxy groups -OCH3 is 3. The SMILES string of the molecule is COC(=O)c1ccc(C2C(C(=O)OC3CCCCC3)=C(C)NC3=C2C(=O)CC(c2ccc(OC)c(OC)c2)C3)cc1. The summed E-state index contributed by atoms with van der Waals surface area (Å²) in [5, 5.41) is 3.41. The van der Waals surface area contributed by atoms with Gasteiger partial charge in [0, 0.05) is 29.3 Å². The molecule has 0 amide bonds. The minimum atomic E-state index is -0.604.